The summed E-state index contributed by atoms with van der Waals surface area (Å²) in [7, 11) is 0. The van der Waals surface area contributed by atoms with Gasteiger partial charge < -0.3 is 9.84 Å². The number of rotatable bonds is 2. The van der Waals surface area contributed by atoms with Crippen molar-refractivity contribution in [2.24, 2.45) is 10.8 Å². The molecule has 24 heavy (non-hydrogen) atoms. The maximum Gasteiger partial charge on any atom is 0.316 e. The van der Waals surface area contributed by atoms with E-state index >= 15 is 0 Å². The van der Waals surface area contributed by atoms with Crippen LogP contribution in [0, 0.1) is 31.6 Å². The van der Waals surface area contributed by atoms with Crippen molar-refractivity contribution in [2.45, 2.75) is 67.9 Å². The molecule has 3 nitrogen and oxygen atoms in total. The molecule has 2 rings (SSSR count). The van der Waals surface area contributed by atoms with Crippen molar-refractivity contribution in [3.05, 3.63) is 40.1 Å². The van der Waals surface area contributed by atoms with E-state index in [0.717, 1.165) is 16.7 Å². The van der Waals surface area contributed by atoms with E-state index in [9.17, 15) is 9.90 Å². The standard InChI is InChI=1S/C21H30O3/c1-12-9-14(3)15(10-13(12)2)17-16(11-21(7,8)18(17)22)24-19(23)20(4,5)6/h9-10,18,22H,11H2,1-8H3. The Morgan fingerprint density at radius 2 is 1.67 bits per heavy atom. The number of carbonyl (C=O) groups excluding carboxylic acids is 1. The highest BCUT2D eigenvalue weighted by molar-refractivity contribution is 5.82. The fourth-order valence-electron chi connectivity index (χ4n) is 3.05. The van der Waals surface area contributed by atoms with Crippen LogP contribution in [-0.2, 0) is 9.53 Å². The Balaban J connectivity index is 2.57. The summed E-state index contributed by atoms with van der Waals surface area (Å²) in [6.07, 6.45) is -0.0985. The maximum absolute atomic E-state index is 12.4. The van der Waals surface area contributed by atoms with Gasteiger partial charge in [0.15, 0.2) is 0 Å². The Kier molecular flexibility index (Phi) is 4.71. The minimum absolute atomic E-state index is 0.263. The lowest BCUT2D eigenvalue weighted by Crippen LogP contribution is -2.25. The third-order valence-corrected chi connectivity index (χ3v) is 4.89. The number of carbonyl (C=O) groups is 1. The molecule has 1 unspecified atom stereocenters. The average molecular weight is 330 g/mol. The number of hydrogen-bond donors (Lipinski definition) is 1. The Morgan fingerprint density at radius 3 is 2.21 bits per heavy atom. The zero-order chi connectivity index (χ0) is 18.4. The molecule has 0 aromatic heterocycles. The van der Waals surface area contributed by atoms with Crippen LogP contribution in [0.25, 0.3) is 5.57 Å². The largest absolute Gasteiger partial charge is 0.430 e. The first-order valence-corrected chi connectivity index (χ1v) is 8.56. The molecule has 1 aliphatic rings. The molecular formula is C21H30O3. The highest BCUT2D eigenvalue weighted by Crippen LogP contribution is 2.47. The van der Waals surface area contributed by atoms with Gasteiger partial charge in [-0.05, 0) is 63.8 Å². The van der Waals surface area contributed by atoms with Crippen LogP contribution in [-0.4, -0.2) is 17.2 Å². The third kappa shape index (κ3) is 3.41. The fourth-order valence-corrected chi connectivity index (χ4v) is 3.05. The Bertz CT molecular complexity index is 703. The molecule has 0 saturated carbocycles. The molecule has 0 saturated heterocycles. The second-order valence-electron chi connectivity index (χ2n) is 8.80. The fraction of sp³-hybridized carbons (Fsp3) is 0.571. The number of aliphatic hydroxyl groups excluding tert-OH is 1. The van der Waals surface area contributed by atoms with E-state index in [2.05, 4.69) is 26.0 Å². The molecule has 1 aromatic carbocycles. The van der Waals surface area contributed by atoms with Crippen LogP contribution >= 0.6 is 0 Å². The molecule has 0 amide bonds. The van der Waals surface area contributed by atoms with Gasteiger partial charge in [0, 0.05) is 17.4 Å². The summed E-state index contributed by atoms with van der Waals surface area (Å²) in [6, 6.07) is 4.22. The molecule has 0 radical (unpaired) electrons. The molecule has 0 spiro atoms. The van der Waals surface area contributed by atoms with Gasteiger partial charge in [-0.25, -0.2) is 0 Å². The van der Waals surface area contributed by atoms with E-state index in [1.165, 1.54) is 11.1 Å². The number of esters is 1. The molecular weight excluding hydrogens is 300 g/mol. The number of allylic oxidation sites excluding steroid dienone is 1. The number of benzene rings is 1. The van der Waals surface area contributed by atoms with Gasteiger partial charge in [-0.2, -0.15) is 0 Å². The number of hydrogen-bond acceptors (Lipinski definition) is 3. The molecule has 0 fully saturated rings. The zero-order valence-electron chi connectivity index (χ0n) is 16.2. The normalized spacial score (nSPS) is 20.5. The second kappa shape index (κ2) is 6.03. The van der Waals surface area contributed by atoms with Crippen molar-refractivity contribution in [1.82, 2.24) is 0 Å². The lowest BCUT2D eigenvalue weighted by atomic mass is 9.84. The molecule has 0 bridgehead atoms. The molecule has 132 valence electrons. The molecule has 1 atom stereocenters. The van der Waals surface area contributed by atoms with Crippen LogP contribution in [0.4, 0.5) is 0 Å². The lowest BCUT2D eigenvalue weighted by Gasteiger charge is -2.24. The summed E-state index contributed by atoms with van der Waals surface area (Å²) in [6.45, 7) is 15.7. The first-order chi connectivity index (χ1) is 10.8. The molecule has 0 aliphatic heterocycles. The van der Waals surface area contributed by atoms with Crippen molar-refractivity contribution >= 4 is 11.5 Å². The van der Waals surface area contributed by atoms with Crippen LogP contribution in [0.15, 0.2) is 17.9 Å². The van der Waals surface area contributed by atoms with Gasteiger partial charge in [0.2, 0.25) is 0 Å². The van der Waals surface area contributed by atoms with Crippen LogP contribution in [0.5, 0.6) is 0 Å². The minimum atomic E-state index is -0.652. The van der Waals surface area contributed by atoms with Gasteiger partial charge in [-0.3, -0.25) is 4.79 Å². The average Bonchev–Trinajstić information content (AvgIpc) is 2.63. The second-order valence-corrected chi connectivity index (χ2v) is 8.80. The monoisotopic (exact) mass is 330 g/mol. The van der Waals surface area contributed by atoms with E-state index in [4.69, 9.17) is 4.74 Å². The summed E-state index contributed by atoms with van der Waals surface area (Å²) in [5.41, 5.74) is 4.29. The number of aliphatic hydroxyl groups is 1. The highest BCUT2D eigenvalue weighted by atomic mass is 16.5. The van der Waals surface area contributed by atoms with E-state index in [-0.39, 0.29) is 11.4 Å². The summed E-state index contributed by atoms with van der Waals surface area (Å²) in [5, 5.41) is 10.9. The predicted octanol–water partition coefficient (Wildman–Crippen LogP) is 4.70. The zero-order valence-corrected chi connectivity index (χ0v) is 16.2. The predicted molar refractivity (Wildman–Crippen MR) is 97.5 cm³/mol. The van der Waals surface area contributed by atoms with Crippen molar-refractivity contribution in [3.63, 3.8) is 0 Å². The van der Waals surface area contributed by atoms with Gasteiger partial charge in [0.05, 0.1) is 11.5 Å². The van der Waals surface area contributed by atoms with Gasteiger partial charge in [0.25, 0.3) is 0 Å². The van der Waals surface area contributed by atoms with Crippen molar-refractivity contribution in [1.29, 1.82) is 0 Å². The number of aryl methyl sites for hydroxylation is 3. The van der Waals surface area contributed by atoms with E-state index in [0.29, 0.717) is 12.2 Å². The van der Waals surface area contributed by atoms with Gasteiger partial charge in [0.1, 0.15) is 5.76 Å². The SMILES string of the molecule is Cc1cc(C)c(C2=C(OC(=O)C(C)(C)C)CC(C)(C)C2O)cc1C. The molecule has 1 aromatic rings. The Morgan fingerprint density at radius 1 is 1.12 bits per heavy atom. The Hall–Kier alpha value is -1.61. The molecule has 1 aliphatic carbocycles. The topological polar surface area (TPSA) is 46.5 Å². The number of ether oxygens (including phenoxy) is 1. The van der Waals surface area contributed by atoms with E-state index in [1.54, 1.807) is 0 Å². The smallest absolute Gasteiger partial charge is 0.316 e. The van der Waals surface area contributed by atoms with Crippen LogP contribution in [0.1, 0.15) is 63.3 Å². The van der Waals surface area contributed by atoms with Gasteiger partial charge >= 0.3 is 5.97 Å². The summed E-state index contributed by atoms with van der Waals surface area (Å²) in [5.74, 6) is 0.347. The summed E-state index contributed by atoms with van der Waals surface area (Å²) in [4.78, 5) is 12.4. The molecule has 3 heteroatoms. The van der Waals surface area contributed by atoms with Crippen molar-refractivity contribution in [2.75, 3.05) is 0 Å². The third-order valence-electron chi connectivity index (χ3n) is 4.89. The molecule has 0 heterocycles. The Labute approximate surface area is 145 Å². The van der Waals surface area contributed by atoms with Crippen molar-refractivity contribution in [3.8, 4) is 0 Å². The van der Waals surface area contributed by atoms with Crippen LogP contribution < -0.4 is 0 Å². The quantitative estimate of drug-likeness (QED) is 0.799. The minimum Gasteiger partial charge on any atom is -0.430 e. The molecule has 1 N–H and O–H groups in total. The summed E-state index contributed by atoms with van der Waals surface area (Å²) >= 11 is 0. The van der Waals surface area contributed by atoms with E-state index in [1.807, 2.05) is 41.5 Å². The van der Waals surface area contributed by atoms with Crippen LogP contribution in [0.2, 0.25) is 0 Å². The summed E-state index contributed by atoms with van der Waals surface area (Å²) < 4.78 is 5.75. The first-order valence-electron chi connectivity index (χ1n) is 8.56. The van der Waals surface area contributed by atoms with Crippen LogP contribution in [0.3, 0.4) is 0 Å². The van der Waals surface area contributed by atoms with Crippen molar-refractivity contribution < 1.29 is 14.6 Å². The maximum atomic E-state index is 12.4. The van der Waals surface area contributed by atoms with Gasteiger partial charge in [-0.15, -0.1) is 0 Å². The first kappa shape index (κ1) is 18.7. The van der Waals surface area contributed by atoms with Gasteiger partial charge in [-0.1, -0.05) is 26.0 Å². The highest BCUT2D eigenvalue weighted by Gasteiger charge is 2.43. The lowest BCUT2D eigenvalue weighted by molar-refractivity contribution is -0.148. The van der Waals surface area contributed by atoms with E-state index < -0.39 is 11.5 Å².